The Morgan fingerprint density at radius 2 is 0.952 bits per heavy atom. The summed E-state index contributed by atoms with van der Waals surface area (Å²) in [6.07, 6.45) is 11.0. The number of ketones is 2. The third kappa shape index (κ3) is 4.81. The molecule has 2 fully saturated rings. The lowest BCUT2D eigenvalue weighted by Gasteiger charge is -2.35. The summed E-state index contributed by atoms with van der Waals surface area (Å²) >= 11 is 7.09. The van der Waals surface area contributed by atoms with E-state index in [2.05, 4.69) is 21.8 Å². The third-order valence-electron chi connectivity index (χ3n) is 13.9. The molecule has 0 radical (unpaired) electrons. The molecule has 0 bridgehead atoms. The van der Waals surface area contributed by atoms with E-state index < -0.39 is 0 Å². The number of aliphatic imine (C=N–C) groups is 2. The fourth-order valence-corrected chi connectivity index (χ4v) is 17.2. The highest BCUT2D eigenvalue weighted by atomic mass is 32.1. The van der Waals surface area contributed by atoms with E-state index in [9.17, 15) is 20.1 Å². The molecular formula is C50H30N6O2S4. The fourth-order valence-electron chi connectivity index (χ4n) is 11.4. The normalized spacial score (nSPS) is 21.3. The minimum Gasteiger partial charge on any atom is -0.287 e. The van der Waals surface area contributed by atoms with E-state index in [0.29, 0.717) is 33.4 Å². The first kappa shape index (κ1) is 37.4. The standard InChI is InChI=1S/C50H30N6O2S4/c1-53-31(23-51)35-25-13-5-7-15-27(25)41(57)39(35)55-33-21-29-43(59-33)45-37(49(29)17-9-3-10-18-49)47-48(61-45)38-46(62-47)44-30(50(38)19-11-4-12-20-50)22-34(60-44)56-40-36(32(24-52)54-2)26-14-6-8-16-28(26)42(40)58/h5-8,13-16,21-22H,3-4,9-12,17-20H2/b35-31-,36-32+,55-39-,56-40-. The molecular weight excluding hydrogens is 845 g/mol. The van der Waals surface area contributed by atoms with Gasteiger partial charge < -0.3 is 0 Å². The molecule has 6 aliphatic carbocycles. The van der Waals surface area contributed by atoms with Gasteiger partial charge in [0.2, 0.25) is 11.6 Å². The van der Waals surface area contributed by atoms with Crippen molar-refractivity contribution in [2.75, 3.05) is 0 Å². The minimum atomic E-state index is -0.257. The number of nitrogens with zero attached hydrogens (tertiary/aromatic N) is 6. The van der Waals surface area contributed by atoms with Crippen LogP contribution in [0.25, 0.3) is 49.7 Å². The highest BCUT2D eigenvalue weighted by molar-refractivity contribution is 7.35. The van der Waals surface area contributed by atoms with Crippen LogP contribution >= 0.6 is 45.3 Å². The first-order valence-electron chi connectivity index (χ1n) is 20.8. The zero-order valence-corrected chi connectivity index (χ0v) is 36.2. The second kappa shape index (κ2) is 13.6. The van der Waals surface area contributed by atoms with Crippen LogP contribution in [0.1, 0.15) is 118 Å². The number of thiophene rings is 4. The number of rotatable bonds is 2. The van der Waals surface area contributed by atoms with Gasteiger partial charge in [-0.1, -0.05) is 87.1 Å². The monoisotopic (exact) mass is 874 g/mol. The SMILES string of the molecule is [C-]#[N+]/C(C#N)=C1\C(=N\c2cc3c(s2)-c2sc4c5c(sc4c2C32CCCCC2)-c2sc(/N=C3\C(=O)c4ccccc4\C3=C(\C#N)[N+]#[C-])cc2C52CCCCC2)C(=O)c2ccccc21. The average Bonchev–Trinajstić information content (AvgIpc) is 4.18. The molecule has 4 heterocycles. The summed E-state index contributed by atoms with van der Waals surface area (Å²) in [5.74, 6) is -0.513. The van der Waals surface area contributed by atoms with E-state index in [-0.39, 0.29) is 45.2 Å². The number of Topliss-reactive ketones (excluding diaryl/α,β-unsaturated/α-hetero) is 2. The Bertz CT molecular complexity index is 3150. The van der Waals surface area contributed by atoms with Gasteiger partial charge in [-0.05, 0) is 60.1 Å². The smallest absolute Gasteiger partial charge is 0.271 e. The largest absolute Gasteiger partial charge is 0.287 e. The summed E-state index contributed by atoms with van der Waals surface area (Å²) < 4.78 is 2.77. The van der Waals surface area contributed by atoms with Crippen LogP contribution in [0.15, 0.2) is 82.0 Å². The van der Waals surface area contributed by atoms with Crippen molar-refractivity contribution >= 4 is 98.9 Å². The predicted molar refractivity (Wildman–Crippen MR) is 248 cm³/mol. The van der Waals surface area contributed by atoms with Gasteiger partial charge in [0.25, 0.3) is 11.4 Å². The summed E-state index contributed by atoms with van der Waals surface area (Å²) in [5, 5.41) is 21.3. The molecule has 0 aliphatic heterocycles. The van der Waals surface area contributed by atoms with Crippen molar-refractivity contribution in [1.29, 1.82) is 10.5 Å². The fraction of sp³-hybridized carbons (Fsp3) is 0.240. The van der Waals surface area contributed by atoms with Crippen molar-refractivity contribution in [3.63, 3.8) is 0 Å². The van der Waals surface area contributed by atoms with Gasteiger partial charge in [0, 0.05) is 44.2 Å². The Hall–Kier alpha value is -6.38. The van der Waals surface area contributed by atoms with Crippen molar-refractivity contribution in [2.45, 2.75) is 75.0 Å². The molecule has 8 nitrogen and oxygen atoms in total. The Morgan fingerprint density at radius 1 is 0.565 bits per heavy atom. The topological polar surface area (TPSA) is 115 Å². The quantitative estimate of drug-likeness (QED) is 0.127. The molecule has 12 rings (SSSR count). The highest BCUT2D eigenvalue weighted by Gasteiger charge is 2.53. The summed E-state index contributed by atoms with van der Waals surface area (Å²) in [4.78, 5) is 49.8. The Labute approximate surface area is 372 Å². The maximum atomic E-state index is 13.8. The van der Waals surface area contributed by atoms with Crippen molar-refractivity contribution in [3.05, 3.63) is 139 Å². The van der Waals surface area contributed by atoms with E-state index >= 15 is 0 Å². The molecule has 2 aromatic carbocycles. The molecule has 0 unspecified atom stereocenters. The maximum absolute atomic E-state index is 13.8. The molecule has 0 N–H and O–H groups in total. The highest BCUT2D eigenvalue weighted by Crippen LogP contribution is 2.70. The molecule has 0 saturated heterocycles. The lowest BCUT2D eigenvalue weighted by Crippen LogP contribution is -2.28. The Morgan fingerprint density at radius 3 is 1.32 bits per heavy atom. The summed E-state index contributed by atoms with van der Waals surface area (Å²) in [6.45, 7) is 15.5. The van der Waals surface area contributed by atoms with E-state index in [1.165, 1.54) is 64.0 Å². The molecule has 2 saturated carbocycles. The first-order chi connectivity index (χ1) is 30.4. The van der Waals surface area contributed by atoms with Crippen LogP contribution in [0.5, 0.6) is 0 Å². The van der Waals surface area contributed by atoms with Crippen molar-refractivity contribution in [3.8, 4) is 31.6 Å². The van der Waals surface area contributed by atoms with Gasteiger partial charge in [0.15, 0.2) is 0 Å². The van der Waals surface area contributed by atoms with Crippen molar-refractivity contribution < 1.29 is 9.59 Å². The number of fused-ring (bicyclic) bond motifs is 15. The van der Waals surface area contributed by atoms with Gasteiger partial charge in [-0.3, -0.25) is 9.59 Å². The van der Waals surface area contributed by atoms with Gasteiger partial charge >= 0.3 is 0 Å². The van der Waals surface area contributed by atoms with Crippen LogP contribution < -0.4 is 0 Å². The van der Waals surface area contributed by atoms with E-state index in [0.717, 1.165) is 61.4 Å². The average molecular weight is 875 g/mol. The van der Waals surface area contributed by atoms with Crippen LogP contribution in [0, 0.1) is 35.8 Å². The van der Waals surface area contributed by atoms with Gasteiger partial charge in [-0.2, -0.15) is 0 Å². The number of carbonyl (C=O) groups excluding carboxylic acids is 2. The van der Waals surface area contributed by atoms with Crippen LogP contribution in [0.4, 0.5) is 10.0 Å². The lowest BCUT2D eigenvalue weighted by molar-refractivity contribution is 0.106. The molecule has 2 spiro atoms. The molecule has 62 heavy (non-hydrogen) atoms. The van der Waals surface area contributed by atoms with Crippen molar-refractivity contribution in [1.82, 2.24) is 0 Å². The molecule has 4 aromatic heterocycles. The predicted octanol–water partition coefficient (Wildman–Crippen LogP) is 13.8. The van der Waals surface area contributed by atoms with Crippen LogP contribution in [-0.4, -0.2) is 23.0 Å². The Balaban J connectivity index is 1.02. The second-order valence-corrected chi connectivity index (χ2v) is 20.9. The second-order valence-electron chi connectivity index (χ2n) is 16.8. The van der Waals surface area contributed by atoms with E-state index in [1.54, 1.807) is 59.1 Å². The van der Waals surface area contributed by atoms with Crippen LogP contribution in [-0.2, 0) is 10.8 Å². The number of carbonyl (C=O) groups is 2. The number of allylic oxidation sites excluding steroid dienone is 4. The van der Waals surface area contributed by atoms with E-state index in [1.807, 2.05) is 46.9 Å². The zero-order chi connectivity index (χ0) is 42.1. The summed E-state index contributed by atoms with van der Waals surface area (Å²) in [7, 11) is 0. The zero-order valence-electron chi connectivity index (χ0n) is 33.0. The minimum absolute atomic E-state index is 0.123. The third-order valence-corrected chi connectivity index (χ3v) is 18.8. The van der Waals surface area contributed by atoms with Gasteiger partial charge in [-0.25, -0.2) is 30.2 Å². The van der Waals surface area contributed by atoms with Crippen LogP contribution in [0.2, 0.25) is 0 Å². The number of nitriles is 2. The number of hydrogen-bond acceptors (Lipinski definition) is 10. The maximum Gasteiger partial charge on any atom is 0.271 e. The molecule has 12 heteroatoms. The lowest BCUT2D eigenvalue weighted by atomic mass is 9.67. The number of hydrogen-bond donors (Lipinski definition) is 0. The van der Waals surface area contributed by atoms with Crippen molar-refractivity contribution in [2.24, 2.45) is 9.98 Å². The van der Waals surface area contributed by atoms with E-state index in [4.69, 9.17) is 23.1 Å². The van der Waals surface area contributed by atoms with Gasteiger partial charge in [0.1, 0.15) is 21.4 Å². The number of benzene rings is 2. The Kier molecular flexibility index (Phi) is 8.18. The first-order valence-corrected chi connectivity index (χ1v) is 24.0. The molecule has 0 atom stereocenters. The molecule has 6 aromatic rings. The summed E-state index contributed by atoms with van der Waals surface area (Å²) in [6, 6.07) is 22.7. The molecule has 296 valence electrons. The van der Waals surface area contributed by atoms with Crippen LogP contribution in [0.3, 0.4) is 0 Å². The molecule has 0 amide bonds. The van der Waals surface area contributed by atoms with Gasteiger partial charge in [0.05, 0.1) is 54.2 Å². The van der Waals surface area contributed by atoms with Gasteiger partial charge in [-0.15, -0.1) is 45.3 Å². The summed E-state index contributed by atoms with van der Waals surface area (Å²) in [5.41, 5.74) is 8.02. The molecule has 6 aliphatic rings.